The molecule has 0 aliphatic rings. The number of anilines is 1. The van der Waals surface area contributed by atoms with Gasteiger partial charge in [0, 0.05) is 0 Å². The third-order valence-corrected chi connectivity index (χ3v) is 4.50. The Balaban J connectivity index is 2.43. The van der Waals surface area contributed by atoms with Crippen LogP contribution in [0.5, 0.6) is 5.75 Å². The standard InChI is InChI=1S/C15H14FNO5S/c1-9-7-11(4-6-14(9)22-2)23(20,21)17-13-5-3-10(16)8-12(13)15(18)19/h3-8,17H,1-2H3,(H,18,19). The lowest BCUT2D eigenvalue weighted by Crippen LogP contribution is -2.16. The van der Waals surface area contributed by atoms with E-state index in [1.807, 2.05) is 0 Å². The van der Waals surface area contributed by atoms with Crippen molar-refractivity contribution in [1.29, 1.82) is 0 Å². The highest BCUT2D eigenvalue weighted by molar-refractivity contribution is 7.92. The third kappa shape index (κ3) is 3.59. The minimum Gasteiger partial charge on any atom is -0.496 e. The number of benzene rings is 2. The number of hydrogen-bond donors (Lipinski definition) is 2. The molecule has 0 saturated carbocycles. The molecule has 2 N–H and O–H groups in total. The summed E-state index contributed by atoms with van der Waals surface area (Å²) in [6.07, 6.45) is 0. The summed E-state index contributed by atoms with van der Waals surface area (Å²) in [5.41, 5.74) is -0.0841. The summed E-state index contributed by atoms with van der Waals surface area (Å²) in [7, 11) is -2.56. The smallest absolute Gasteiger partial charge is 0.337 e. The van der Waals surface area contributed by atoms with Crippen LogP contribution in [0.3, 0.4) is 0 Å². The molecule has 0 aliphatic heterocycles. The Labute approximate surface area is 132 Å². The number of nitrogens with one attached hydrogen (secondary N) is 1. The fourth-order valence-corrected chi connectivity index (χ4v) is 3.17. The van der Waals surface area contributed by atoms with Crippen molar-refractivity contribution in [2.45, 2.75) is 11.8 Å². The van der Waals surface area contributed by atoms with Gasteiger partial charge >= 0.3 is 5.97 Å². The first-order valence-corrected chi connectivity index (χ1v) is 7.93. The summed E-state index contributed by atoms with van der Waals surface area (Å²) < 4.78 is 45.1. The second-order valence-electron chi connectivity index (χ2n) is 4.73. The lowest BCUT2D eigenvalue weighted by molar-refractivity contribution is 0.0697. The zero-order chi connectivity index (χ0) is 17.2. The number of methoxy groups -OCH3 is 1. The van der Waals surface area contributed by atoms with E-state index in [4.69, 9.17) is 9.84 Å². The fraction of sp³-hybridized carbons (Fsp3) is 0.133. The van der Waals surface area contributed by atoms with Crippen molar-refractivity contribution in [2.75, 3.05) is 11.8 Å². The molecule has 0 bridgehead atoms. The highest BCUT2D eigenvalue weighted by atomic mass is 32.2. The Morgan fingerprint density at radius 3 is 2.48 bits per heavy atom. The highest BCUT2D eigenvalue weighted by Crippen LogP contribution is 2.25. The largest absolute Gasteiger partial charge is 0.496 e. The molecule has 2 aromatic carbocycles. The van der Waals surface area contributed by atoms with Crippen LogP contribution in [-0.4, -0.2) is 26.6 Å². The normalized spacial score (nSPS) is 11.1. The molecule has 0 radical (unpaired) electrons. The molecule has 2 rings (SSSR count). The molecular weight excluding hydrogens is 325 g/mol. The number of halogens is 1. The van der Waals surface area contributed by atoms with Crippen molar-refractivity contribution in [2.24, 2.45) is 0 Å². The molecule has 6 nitrogen and oxygen atoms in total. The quantitative estimate of drug-likeness (QED) is 0.873. The number of ether oxygens (including phenoxy) is 1. The summed E-state index contributed by atoms with van der Waals surface area (Å²) >= 11 is 0. The summed E-state index contributed by atoms with van der Waals surface area (Å²) in [4.78, 5) is 11.1. The monoisotopic (exact) mass is 339 g/mol. The van der Waals surface area contributed by atoms with E-state index in [1.54, 1.807) is 6.92 Å². The van der Waals surface area contributed by atoms with E-state index in [0.29, 0.717) is 11.3 Å². The predicted molar refractivity (Wildman–Crippen MR) is 81.9 cm³/mol. The van der Waals surface area contributed by atoms with Crippen molar-refractivity contribution < 1.29 is 27.4 Å². The lowest BCUT2D eigenvalue weighted by atomic mass is 10.2. The van der Waals surface area contributed by atoms with Crippen molar-refractivity contribution in [1.82, 2.24) is 0 Å². The first kappa shape index (κ1) is 16.8. The minimum atomic E-state index is -4.02. The average molecular weight is 339 g/mol. The van der Waals surface area contributed by atoms with Gasteiger partial charge in [-0.3, -0.25) is 4.72 Å². The van der Waals surface area contributed by atoms with Gasteiger partial charge in [-0.1, -0.05) is 0 Å². The Morgan fingerprint density at radius 1 is 1.22 bits per heavy atom. The highest BCUT2D eigenvalue weighted by Gasteiger charge is 2.20. The first-order chi connectivity index (χ1) is 10.7. The number of aryl methyl sites for hydroxylation is 1. The Bertz CT molecular complexity index is 864. The zero-order valence-corrected chi connectivity index (χ0v) is 13.1. The second-order valence-corrected chi connectivity index (χ2v) is 6.41. The molecule has 23 heavy (non-hydrogen) atoms. The molecule has 0 heterocycles. The molecule has 122 valence electrons. The molecule has 0 amide bonds. The van der Waals surface area contributed by atoms with Crippen molar-refractivity contribution >= 4 is 21.7 Å². The minimum absolute atomic E-state index is 0.0588. The van der Waals surface area contributed by atoms with Gasteiger partial charge in [0.1, 0.15) is 11.6 Å². The van der Waals surface area contributed by atoms with E-state index < -0.39 is 27.4 Å². The van der Waals surface area contributed by atoms with E-state index in [1.165, 1.54) is 25.3 Å². The maximum Gasteiger partial charge on any atom is 0.337 e. The fourth-order valence-electron chi connectivity index (χ4n) is 2.00. The van der Waals surface area contributed by atoms with Crippen LogP contribution in [0.25, 0.3) is 0 Å². The molecule has 0 atom stereocenters. The summed E-state index contributed by atoms with van der Waals surface area (Å²) in [6, 6.07) is 7.01. The number of aromatic carboxylic acids is 1. The maximum absolute atomic E-state index is 13.1. The van der Waals surface area contributed by atoms with Gasteiger partial charge in [-0.2, -0.15) is 0 Å². The van der Waals surface area contributed by atoms with Crippen LogP contribution >= 0.6 is 0 Å². The summed E-state index contributed by atoms with van der Waals surface area (Å²) in [5.74, 6) is -1.68. The van der Waals surface area contributed by atoms with Gasteiger partial charge in [-0.25, -0.2) is 17.6 Å². The van der Waals surface area contributed by atoms with Crippen LogP contribution in [0.4, 0.5) is 10.1 Å². The van der Waals surface area contributed by atoms with E-state index in [2.05, 4.69) is 4.72 Å². The van der Waals surface area contributed by atoms with E-state index in [-0.39, 0.29) is 10.6 Å². The topological polar surface area (TPSA) is 92.7 Å². The number of carbonyl (C=O) groups is 1. The van der Waals surface area contributed by atoms with Crippen LogP contribution in [0, 0.1) is 12.7 Å². The van der Waals surface area contributed by atoms with Crippen LogP contribution in [0.2, 0.25) is 0 Å². The molecular formula is C15H14FNO5S. The molecule has 0 unspecified atom stereocenters. The van der Waals surface area contributed by atoms with Gasteiger partial charge < -0.3 is 9.84 Å². The van der Waals surface area contributed by atoms with Crippen LogP contribution in [0.15, 0.2) is 41.3 Å². The van der Waals surface area contributed by atoms with Gasteiger partial charge in [0.2, 0.25) is 0 Å². The lowest BCUT2D eigenvalue weighted by Gasteiger charge is -2.12. The van der Waals surface area contributed by atoms with Crippen LogP contribution in [0.1, 0.15) is 15.9 Å². The Morgan fingerprint density at radius 2 is 1.91 bits per heavy atom. The molecule has 0 fully saturated rings. The van der Waals surface area contributed by atoms with E-state index >= 15 is 0 Å². The molecule has 8 heteroatoms. The first-order valence-electron chi connectivity index (χ1n) is 6.45. The van der Waals surface area contributed by atoms with Gasteiger partial charge in [-0.05, 0) is 48.9 Å². The molecule has 0 saturated heterocycles. The second kappa shape index (κ2) is 6.25. The molecule has 0 aliphatic carbocycles. The number of carboxylic acid groups (broad SMARTS) is 1. The van der Waals surface area contributed by atoms with Gasteiger partial charge in [-0.15, -0.1) is 0 Å². The summed E-state index contributed by atoms with van der Waals surface area (Å²) in [6.45, 7) is 1.68. The zero-order valence-electron chi connectivity index (χ0n) is 12.3. The predicted octanol–water partition coefficient (Wildman–Crippen LogP) is 2.64. The number of sulfonamides is 1. The third-order valence-electron chi connectivity index (χ3n) is 3.13. The molecule has 0 spiro atoms. The van der Waals surface area contributed by atoms with E-state index in [9.17, 15) is 17.6 Å². The Kier molecular flexibility index (Phi) is 4.55. The maximum atomic E-state index is 13.1. The number of rotatable bonds is 5. The molecule has 0 aromatic heterocycles. The van der Waals surface area contributed by atoms with Crippen LogP contribution < -0.4 is 9.46 Å². The Hall–Kier alpha value is -2.61. The average Bonchev–Trinajstić information content (AvgIpc) is 2.48. The van der Waals surface area contributed by atoms with Gasteiger partial charge in [0.15, 0.2) is 0 Å². The SMILES string of the molecule is COc1ccc(S(=O)(=O)Nc2ccc(F)cc2C(=O)O)cc1C. The number of hydrogen-bond acceptors (Lipinski definition) is 4. The van der Waals surface area contributed by atoms with Gasteiger partial charge in [0.05, 0.1) is 23.3 Å². The van der Waals surface area contributed by atoms with Gasteiger partial charge in [0.25, 0.3) is 10.0 Å². The molecule has 2 aromatic rings. The van der Waals surface area contributed by atoms with Crippen LogP contribution in [-0.2, 0) is 10.0 Å². The number of carboxylic acids is 1. The van der Waals surface area contributed by atoms with Crippen molar-refractivity contribution in [3.63, 3.8) is 0 Å². The van der Waals surface area contributed by atoms with E-state index in [0.717, 1.165) is 18.2 Å². The van der Waals surface area contributed by atoms with Crippen molar-refractivity contribution in [3.8, 4) is 5.75 Å². The summed E-state index contributed by atoms with van der Waals surface area (Å²) in [5, 5.41) is 9.05. The van der Waals surface area contributed by atoms with Crippen molar-refractivity contribution in [3.05, 3.63) is 53.3 Å².